The summed E-state index contributed by atoms with van der Waals surface area (Å²) in [6.07, 6.45) is 3.33. The van der Waals surface area contributed by atoms with Crippen LogP contribution >= 0.6 is 0 Å². The average Bonchev–Trinajstić information content (AvgIpc) is 2.22. The molecule has 0 aromatic heterocycles. The number of unbranched alkanes of at least 4 members (excludes halogenated alkanes) is 1. The summed E-state index contributed by atoms with van der Waals surface area (Å²) in [6, 6.07) is 0. The molecule has 2 N–H and O–H groups in total. The van der Waals surface area contributed by atoms with E-state index in [1.807, 2.05) is 0 Å². The predicted octanol–water partition coefficient (Wildman–Crippen LogP) is 3.57. The molecular formula is C16H30N2O. The lowest BCUT2D eigenvalue weighted by atomic mass is 9.77. The van der Waals surface area contributed by atoms with Crippen LogP contribution in [0.5, 0.6) is 0 Å². The van der Waals surface area contributed by atoms with E-state index in [2.05, 4.69) is 59.1 Å². The summed E-state index contributed by atoms with van der Waals surface area (Å²) in [5.74, 6) is 0.0947. The van der Waals surface area contributed by atoms with E-state index in [0.29, 0.717) is 0 Å². The largest absolute Gasteiger partial charge is 0.368 e. The highest BCUT2D eigenvalue weighted by molar-refractivity contribution is 5.96. The van der Waals surface area contributed by atoms with E-state index in [9.17, 15) is 4.79 Å². The van der Waals surface area contributed by atoms with Crippen molar-refractivity contribution >= 4 is 5.91 Å². The molecule has 0 aromatic rings. The maximum atomic E-state index is 12.5. The van der Waals surface area contributed by atoms with Gasteiger partial charge in [0.25, 0.3) is 5.91 Å². The Hall–Kier alpha value is -0.990. The standard InChI is InChI=1S/C16H30N2O/c1-8-9-10-11-17-13(16(5,6)7)12(14(19)18-11)15(2,3)4/h11,17H,8-10H2,1-7H3,(H,18,19). The Morgan fingerprint density at radius 1 is 1.00 bits per heavy atom. The van der Waals surface area contributed by atoms with Gasteiger partial charge >= 0.3 is 0 Å². The van der Waals surface area contributed by atoms with Crippen LogP contribution in [0.25, 0.3) is 0 Å². The highest BCUT2D eigenvalue weighted by Crippen LogP contribution is 2.37. The van der Waals surface area contributed by atoms with Gasteiger partial charge < -0.3 is 10.6 Å². The Labute approximate surface area is 118 Å². The second-order valence-corrected chi connectivity index (χ2v) is 7.56. The maximum absolute atomic E-state index is 12.5. The Kier molecular flexibility index (Phi) is 4.70. The van der Waals surface area contributed by atoms with Gasteiger partial charge in [0.05, 0.1) is 6.17 Å². The number of hydrogen-bond acceptors (Lipinski definition) is 2. The Bertz CT molecular complexity index is 369. The van der Waals surface area contributed by atoms with E-state index in [1.165, 1.54) is 0 Å². The van der Waals surface area contributed by atoms with Crippen LogP contribution in [0.3, 0.4) is 0 Å². The van der Waals surface area contributed by atoms with Gasteiger partial charge in [-0.2, -0.15) is 0 Å². The maximum Gasteiger partial charge on any atom is 0.251 e. The third kappa shape index (κ3) is 3.99. The molecule has 1 unspecified atom stereocenters. The lowest BCUT2D eigenvalue weighted by Gasteiger charge is -2.40. The fraction of sp³-hybridized carbons (Fsp3) is 0.812. The molecule has 1 aliphatic heterocycles. The van der Waals surface area contributed by atoms with E-state index in [1.54, 1.807) is 0 Å². The first-order valence-corrected chi connectivity index (χ1v) is 7.40. The zero-order valence-corrected chi connectivity index (χ0v) is 13.6. The molecule has 0 fully saturated rings. The number of amides is 1. The summed E-state index contributed by atoms with van der Waals surface area (Å²) in [7, 11) is 0. The molecule has 1 aliphatic rings. The smallest absolute Gasteiger partial charge is 0.251 e. The molecule has 19 heavy (non-hydrogen) atoms. The van der Waals surface area contributed by atoms with Crippen molar-refractivity contribution in [2.75, 3.05) is 0 Å². The molecule has 0 aliphatic carbocycles. The van der Waals surface area contributed by atoms with Crippen molar-refractivity contribution in [3.8, 4) is 0 Å². The molecular weight excluding hydrogens is 236 g/mol. The first-order chi connectivity index (χ1) is 8.57. The summed E-state index contributed by atoms with van der Waals surface area (Å²) in [5, 5.41) is 6.66. The van der Waals surface area contributed by atoms with Crippen LogP contribution in [-0.4, -0.2) is 12.1 Å². The number of allylic oxidation sites excluding steroid dienone is 1. The molecule has 0 bridgehead atoms. The lowest BCUT2D eigenvalue weighted by Crippen LogP contribution is -2.54. The number of carbonyl (C=O) groups excluding carboxylic acids is 1. The van der Waals surface area contributed by atoms with Crippen molar-refractivity contribution in [1.29, 1.82) is 0 Å². The quantitative estimate of drug-likeness (QED) is 0.820. The lowest BCUT2D eigenvalue weighted by molar-refractivity contribution is -0.120. The molecule has 1 atom stereocenters. The van der Waals surface area contributed by atoms with Crippen LogP contribution in [-0.2, 0) is 4.79 Å². The summed E-state index contributed by atoms with van der Waals surface area (Å²) in [5.41, 5.74) is 1.82. The minimum Gasteiger partial charge on any atom is -0.368 e. The number of nitrogens with one attached hydrogen (secondary N) is 2. The van der Waals surface area contributed by atoms with Crippen LogP contribution in [0.15, 0.2) is 11.3 Å². The van der Waals surface area contributed by atoms with Crippen LogP contribution in [0.2, 0.25) is 0 Å². The van der Waals surface area contributed by atoms with Gasteiger partial charge in [0, 0.05) is 16.7 Å². The first kappa shape index (κ1) is 16.1. The summed E-state index contributed by atoms with van der Waals surface area (Å²) < 4.78 is 0. The Morgan fingerprint density at radius 2 is 1.58 bits per heavy atom. The second-order valence-electron chi connectivity index (χ2n) is 7.56. The molecule has 1 heterocycles. The van der Waals surface area contributed by atoms with Crippen molar-refractivity contribution in [3.05, 3.63) is 11.3 Å². The van der Waals surface area contributed by atoms with Gasteiger partial charge in [0.2, 0.25) is 0 Å². The molecule has 1 amide bonds. The molecule has 3 nitrogen and oxygen atoms in total. The van der Waals surface area contributed by atoms with Crippen LogP contribution < -0.4 is 10.6 Å². The zero-order valence-electron chi connectivity index (χ0n) is 13.6. The fourth-order valence-electron chi connectivity index (χ4n) is 2.49. The summed E-state index contributed by atoms with van der Waals surface area (Å²) >= 11 is 0. The normalized spacial score (nSPS) is 21.2. The molecule has 0 aromatic carbocycles. The molecule has 3 heteroatoms. The van der Waals surface area contributed by atoms with Crippen molar-refractivity contribution < 1.29 is 4.79 Å². The summed E-state index contributed by atoms with van der Waals surface area (Å²) in [6.45, 7) is 15.0. The van der Waals surface area contributed by atoms with Crippen molar-refractivity contribution in [2.24, 2.45) is 10.8 Å². The van der Waals surface area contributed by atoms with Gasteiger partial charge in [-0.05, 0) is 18.3 Å². The Balaban J connectivity index is 3.13. The third-order valence-corrected chi connectivity index (χ3v) is 3.45. The van der Waals surface area contributed by atoms with E-state index in [-0.39, 0.29) is 22.9 Å². The predicted molar refractivity (Wildman–Crippen MR) is 80.5 cm³/mol. The highest BCUT2D eigenvalue weighted by atomic mass is 16.2. The SMILES string of the molecule is CCCCC1NC(=O)C(C(C)(C)C)=C(C(C)(C)C)N1. The minimum atomic E-state index is -0.143. The van der Waals surface area contributed by atoms with Gasteiger partial charge in [0.15, 0.2) is 0 Å². The topological polar surface area (TPSA) is 41.1 Å². The van der Waals surface area contributed by atoms with E-state index < -0.39 is 0 Å². The van der Waals surface area contributed by atoms with E-state index in [4.69, 9.17) is 0 Å². The molecule has 0 spiro atoms. The zero-order chi connectivity index (χ0) is 14.8. The molecule has 1 rings (SSSR count). The van der Waals surface area contributed by atoms with Crippen LogP contribution in [0.4, 0.5) is 0 Å². The van der Waals surface area contributed by atoms with Crippen molar-refractivity contribution in [3.63, 3.8) is 0 Å². The summed E-state index contributed by atoms with van der Waals surface area (Å²) in [4.78, 5) is 12.5. The monoisotopic (exact) mass is 266 g/mol. The van der Waals surface area contributed by atoms with Gasteiger partial charge in [-0.15, -0.1) is 0 Å². The molecule has 0 saturated heterocycles. The Morgan fingerprint density at radius 3 is 2.00 bits per heavy atom. The van der Waals surface area contributed by atoms with Gasteiger partial charge in [-0.3, -0.25) is 4.79 Å². The van der Waals surface area contributed by atoms with Gasteiger partial charge in [-0.1, -0.05) is 54.9 Å². The van der Waals surface area contributed by atoms with Gasteiger partial charge in [0.1, 0.15) is 0 Å². The van der Waals surface area contributed by atoms with E-state index >= 15 is 0 Å². The third-order valence-electron chi connectivity index (χ3n) is 3.45. The molecule has 0 radical (unpaired) electrons. The van der Waals surface area contributed by atoms with Crippen LogP contribution in [0.1, 0.15) is 67.7 Å². The second kappa shape index (κ2) is 5.56. The van der Waals surface area contributed by atoms with Crippen LogP contribution in [0, 0.1) is 10.8 Å². The highest BCUT2D eigenvalue weighted by Gasteiger charge is 2.37. The number of carbonyl (C=O) groups is 1. The van der Waals surface area contributed by atoms with Crippen molar-refractivity contribution in [2.45, 2.75) is 73.9 Å². The van der Waals surface area contributed by atoms with E-state index in [0.717, 1.165) is 30.5 Å². The molecule has 110 valence electrons. The average molecular weight is 266 g/mol. The number of hydrogen-bond donors (Lipinski definition) is 2. The molecule has 0 saturated carbocycles. The van der Waals surface area contributed by atoms with Crippen molar-refractivity contribution in [1.82, 2.24) is 10.6 Å². The fourth-order valence-corrected chi connectivity index (χ4v) is 2.49. The van der Waals surface area contributed by atoms with Gasteiger partial charge in [-0.25, -0.2) is 0 Å². The first-order valence-electron chi connectivity index (χ1n) is 7.40. The minimum absolute atomic E-state index is 0.0369. The number of rotatable bonds is 3.